The van der Waals surface area contributed by atoms with Crippen LogP contribution in [0.5, 0.6) is 0 Å². The first kappa shape index (κ1) is 11.5. The van der Waals surface area contributed by atoms with E-state index in [2.05, 4.69) is 5.32 Å². The maximum Gasteiger partial charge on any atom is 0.323 e. The fraction of sp³-hybridized carbons (Fsp3) is 0.900. The molecule has 0 spiro atoms. The quantitative estimate of drug-likeness (QED) is 0.525. The first-order chi connectivity index (χ1) is 6.84. The molecule has 0 aromatic carbocycles. The molecule has 1 aliphatic heterocycles. The van der Waals surface area contributed by atoms with E-state index >= 15 is 0 Å². The number of ether oxygens (including phenoxy) is 2. The summed E-state index contributed by atoms with van der Waals surface area (Å²) in [5.74, 6) is -0.110. The molecule has 4 nitrogen and oxygen atoms in total. The summed E-state index contributed by atoms with van der Waals surface area (Å²) in [5.41, 5.74) is 0. The van der Waals surface area contributed by atoms with E-state index < -0.39 is 0 Å². The largest absolute Gasteiger partial charge is 0.464 e. The van der Waals surface area contributed by atoms with Gasteiger partial charge < -0.3 is 14.8 Å². The van der Waals surface area contributed by atoms with Crippen molar-refractivity contribution >= 4 is 5.97 Å². The van der Waals surface area contributed by atoms with Crippen molar-refractivity contribution in [1.82, 2.24) is 5.32 Å². The zero-order valence-corrected chi connectivity index (χ0v) is 8.75. The van der Waals surface area contributed by atoms with Gasteiger partial charge in [0.2, 0.25) is 0 Å². The van der Waals surface area contributed by atoms with Crippen LogP contribution >= 0.6 is 0 Å². The topological polar surface area (TPSA) is 47.6 Å². The van der Waals surface area contributed by atoms with Crippen LogP contribution in [0.4, 0.5) is 0 Å². The van der Waals surface area contributed by atoms with Crippen LogP contribution in [0.3, 0.4) is 0 Å². The van der Waals surface area contributed by atoms with Gasteiger partial charge in [0, 0.05) is 20.1 Å². The van der Waals surface area contributed by atoms with Gasteiger partial charge in [0.1, 0.15) is 6.04 Å². The lowest BCUT2D eigenvalue weighted by Gasteiger charge is -2.21. The maximum absolute atomic E-state index is 11.4. The average Bonchev–Trinajstić information content (AvgIpc) is 2.25. The third kappa shape index (κ3) is 4.07. The molecule has 0 saturated carbocycles. The van der Waals surface area contributed by atoms with Crippen molar-refractivity contribution in [3.8, 4) is 0 Å². The lowest BCUT2D eigenvalue weighted by molar-refractivity contribution is -0.147. The summed E-state index contributed by atoms with van der Waals surface area (Å²) in [6, 6.07) is -0.0775. The average molecular weight is 201 g/mol. The van der Waals surface area contributed by atoms with Crippen molar-refractivity contribution < 1.29 is 14.3 Å². The zero-order valence-electron chi connectivity index (χ0n) is 8.75. The lowest BCUT2D eigenvalue weighted by atomic mass is 10.1. The molecule has 0 bridgehead atoms. The fourth-order valence-electron chi connectivity index (χ4n) is 1.53. The molecule has 0 aromatic heterocycles. The van der Waals surface area contributed by atoms with Gasteiger partial charge in [-0.05, 0) is 19.4 Å². The fourth-order valence-corrected chi connectivity index (χ4v) is 1.53. The zero-order chi connectivity index (χ0) is 10.2. The normalized spacial score (nSPS) is 21.9. The number of methoxy groups -OCH3 is 1. The molecule has 0 amide bonds. The first-order valence-corrected chi connectivity index (χ1v) is 5.23. The van der Waals surface area contributed by atoms with E-state index in [0.717, 1.165) is 32.2 Å². The number of hydrogen-bond acceptors (Lipinski definition) is 4. The van der Waals surface area contributed by atoms with Crippen LogP contribution in [-0.2, 0) is 14.3 Å². The van der Waals surface area contributed by atoms with Crippen LogP contribution in [-0.4, -0.2) is 38.9 Å². The molecule has 0 radical (unpaired) electrons. The van der Waals surface area contributed by atoms with Crippen LogP contribution in [0.25, 0.3) is 0 Å². The van der Waals surface area contributed by atoms with E-state index in [4.69, 9.17) is 9.47 Å². The Bertz CT molecular complexity index is 167. The Hall–Kier alpha value is -0.610. The third-order valence-corrected chi connectivity index (χ3v) is 2.33. The van der Waals surface area contributed by atoms with Crippen molar-refractivity contribution in [2.75, 3.05) is 26.9 Å². The van der Waals surface area contributed by atoms with Crippen molar-refractivity contribution in [2.24, 2.45) is 0 Å². The molecule has 1 fully saturated rings. The van der Waals surface area contributed by atoms with Crippen molar-refractivity contribution in [1.29, 1.82) is 0 Å². The number of hydrogen-bond donors (Lipinski definition) is 1. The molecule has 82 valence electrons. The minimum atomic E-state index is -0.110. The molecule has 0 aliphatic carbocycles. The van der Waals surface area contributed by atoms with E-state index in [1.165, 1.54) is 0 Å². The summed E-state index contributed by atoms with van der Waals surface area (Å²) in [6.07, 6.45) is 3.95. The molecular formula is C10H19NO3. The van der Waals surface area contributed by atoms with Gasteiger partial charge in [-0.15, -0.1) is 0 Å². The molecule has 14 heavy (non-hydrogen) atoms. The number of carbonyl (C=O) groups excluding carboxylic acids is 1. The Morgan fingerprint density at radius 3 is 2.93 bits per heavy atom. The second-order valence-corrected chi connectivity index (χ2v) is 3.52. The van der Waals surface area contributed by atoms with E-state index in [1.54, 1.807) is 7.11 Å². The second-order valence-electron chi connectivity index (χ2n) is 3.52. The van der Waals surface area contributed by atoms with Gasteiger partial charge in [-0.1, -0.05) is 6.42 Å². The molecule has 0 aromatic rings. The second kappa shape index (κ2) is 6.79. The van der Waals surface area contributed by atoms with Gasteiger partial charge in [0.05, 0.1) is 6.61 Å². The smallest absolute Gasteiger partial charge is 0.323 e. The molecular weight excluding hydrogens is 182 g/mol. The van der Waals surface area contributed by atoms with Crippen LogP contribution in [0, 0.1) is 0 Å². The number of piperidine rings is 1. The number of esters is 1. The van der Waals surface area contributed by atoms with Gasteiger partial charge in [-0.25, -0.2) is 0 Å². The molecule has 1 saturated heterocycles. The maximum atomic E-state index is 11.4. The summed E-state index contributed by atoms with van der Waals surface area (Å²) in [7, 11) is 1.64. The molecule has 1 heterocycles. The highest BCUT2D eigenvalue weighted by Gasteiger charge is 2.21. The van der Waals surface area contributed by atoms with E-state index in [9.17, 15) is 4.79 Å². The summed E-state index contributed by atoms with van der Waals surface area (Å²) in [4.78, 5) is 11.4. The first-order valence-electron chi connectivity index (χ1n) is 5.23. The Morgan fingerprint density at radius 2 is 2.29 bits per heavy atom. The number of nitrogens with one attached hydrogen (secondary N) is 1. The Balaban J connectivity index is 2.07. The molecule has 4 heteroatoms. The predicted molar refractivity (Wildman–Crippen MR) is 53.1 cm³/mol. The lowest BCUT2D eigenvalue weighted by Crippen LogP contribution is -2.41. The highest BCUT2D eigenvalue weighted by atomic mass is 16.5. The third-order valence-electron chi connectivity index (χ3n) is 2.33. The summed E-state index contributed by atoms with van der Waals surface area (Å²) in [5, 5.41) is 3.15. The molecule has 1 N–H and O–H groups in total. The number of carbonyl (C=O) groups is 1. The summed E-state index contributed by atoms with van der Waals surface area (Å²) >= 11 is 0. The predicted octanol–water partition coefficient (Wildman–Crippen LogP) is 0.708. The van der Waals surface area contributed by atoms with E-state index in [-0.39, 0.29) is 12.0 Å². The van der Waals surface area contributed by atoms with Crippen LogP contribution in [0.1, 0.15) is 25.7 Å². The van der Waals surface area contributed by atoms with Gasteiger partial charge in [0.25, 0.3) is 0 Å². The highest BCUT2D eigenvalue weighted by Crippen LogP contribution is 2.08. The van der Waals surface area contributed by atoms with Gasteiger partial charge >= 0.3 is 5.97 Å². The molecule has 1 aliphatic rings. The highest BCUT2D eigenvalue weighted by molar-refractivity contribution is 5.75. The van der Waals surface area contributed by atoms with Gasteiger partial charge in [-0.2, -0.15) is 0 Å². The molecule has 1 atom stereocenters. The number of rotatable bonds is 5. The van der Waals surface area contributed by atoms with Crippen LogP contribution in [0.15, 0.2) is 0 Å². The SMILES string of the molecule is COCCCOC(=O)[C@@H]1CCCCN1. The minimum Gasteiger partial charge on any atom is -0.464 e. The van der Waals surface area contributed by atoms with Crippen molar-refractivity contribution in [2.45, 2.75) is 31.7 Å². The minimum absolute atomic E-state index is 0.0775. The van der Waals surface area contributed by atoms with Gasteiger partial charge in [-0.3, -0.25) is 4.79 Å². The van der Waals surface area contributed by atoms with Crippen LogP contribution in [0.2, 0.25) is 0 Å². The van der Waals surface area contributed by atoms with E-state index in [0.29, 0.717) is 13.2 Å². The molecule has 0 unspecified atom stereocenters. The van der Waals surface area contributed by atoms with Gasteiger partial charge in [0.15, 0.2) is 0 Å². The summed E-state index contributed by atoms with van der Waals surface area (Å²) < 4.78 is 9.96. The van der Waals surface area contributed by atoms with Crippen molar-refractivity contribution in [3.05, 3.63) is 0 Å². The Labute approximate surface area is 85.0 Å². The Morgan fingerprint density at radius 1 is 1.43 bits per heavy atom. The van der Waals surface area contributed by atoms with E-state index in [1.807, 2.05) is 0 Å². The van der Waals surface area contributed by atoms with Crippen LogP contribution < -0.4 is 5.32 Å². The standard InChI is InChI=1S/C10H19NO3/c1-13-7-4-8-14-10(12)9-5-2-3-6-11-9/h9,11H,2-8H2,1H3/t9-/m0/s1. The Kier molecular flexibility index (Phi) is 5.56. The monoisotopic (exact) mass is 201 g/mol. The molecule has 1 rings (SSSR count). The summed E-state index contributed by atoms with van der Waals surface area (Å²) in [6.45, 7) is 2.04. The van der Waals surface area contributed by atoms with Crippen molar-refractivity contribution in [3.63, 3.8) is 0 Å².